The van der Waals surface area contributed by atoms with E-state index >= 15 is 0 Å². The lowest BCUT2D eigenvalue weighted by Crippen LogP contribution is -2.05. The molecule has 0 unspecified atom stereocenters. The molecule has 3 aromatic rings. The lowest BCUT2D eigenvalue weighted by atomic mass is 10.1. The lowest BCUT2D eigenvalue weighted by Gasteiger charge is -2.09. The molecule has 0 fully saturated rings. The first-order chi connectivity index (χ1) is 10.7. The van der Waals surface area contributed by atoms with Crippen LogP contribution < -0.4 is 5.73 Å². The Morgan fingerprint density at radius 2 is 1.95 bits per heavy atom. The first-order valence-corrected chi connectivity index (χ1v) is 7.46. The second-order valence-electron chi connectivity index (χ2n) is 5.48. The zero-order valence-electron chi connectivity index (χ0n) is 13.0. The second-order valence-corrected chi connectivity index (χ2v) is 5.48. The molecule has 0 aliphatic carbocycles. The van der Waals surface area contributed by atoms with Gasteiger partial charge in [-0.3, -0.25) is 4.98 Å². The van der Waals surface area contributed by atoms with Crippen molar-refractivity contribution in [3.63, 3.8) is 0 Å². The van der Waals surface area contributed by atoms with E-state index in [0.717, 1.165) is 29.1 Å². The molecule has 2 N–H and O–H groups in total. The molecule has 0 radical (unpaired) electrons. The van der Waals surface area contributed by atoms with E-state index in [0.29, 0.717) is 6.54 Å². The standard InChI is InChI=1S/C18H20N4/c1-13-5-6-17(10-14(13)2)22-18(11-16(21-22)7-8-19)15-4-3-9-20-12-15/h3-6,9-12H,7-8,19H2,1-2H3. The molecule has 0 atom stereocenters. The van der Waals surface area contributed by atoms with E-state index in [-0.39, 0.29) is 0 Å². The Labute approximate surface area is 130 Å². The Bertz CT molecular complexity index is 775. The Kier molecular flexibility index (Phi) is 4.02. The van der Waals surface area contributed by atoms with Gasteiger partial charge in [0.2, 0.25) is 0 Å². The van der Waals surface area contributed by atoms with E-state index in [1.54, 1.807) is 6.20 Å². The number of nitrogens with zero attached hydrogens (tertiary/aromatic N) is 3. The molecule has 0 spiro atoms. The largest absolute Gasteiger partial charge is 0.330 e. The molecule has 2 heterocycles. The molecule has 0 aliphatic rings. The van der Waals surface area contributed by atoms with Crippen molar-refractivity contribution < 1.29 is 0 Å². The molecule has 3 rings (SSSR count). The van der Waals surface area contributed by atoms with Crippen LogP contribution in [0.15, 0.2) is 48.8 Å². The molecule has 0 aliphatic heterocycles. The van der Waals surface area contributed by atoms with Crippen LogP contribution in [0, 0.1) is 13.8 Å². The summed E-state index contributed by atoms with van der Waals surface area (Å²) in [6, 6.07) is 12.5. The number of pyridine rings is 1. The quantitative estimate of drug-likeness (QED) is 0.804. The number of aryl methyl sites for hydroxylation is 2. The maximum atomic E-state index is 5.68. The Morgan fingerprint density at radius 3 is 2.64 bits per heavy atom. The van der Waals surface area contributed by atoms with Crippen LogP contribution in [-0.4, -0.2) is 21.3 Å². The summed E-state index contributed by atoms with van der Waals surface area (Å²) in [5.41, 5.74) is 12.4. The number of benzene rings is 1. The van der Waals surface area contributed by atoms with Crippen molar-refractivity contribution in [3.8, 4) is 16.9 Å². The highest BCUT2D eigenvalue weighted by molar-refractivity contribution is 5.62. The van der Waals surface area contributed by atoms with Gasteiger partial charge in [0.25, 0.3) is 0 Å². The molecule has 0 saturated carbocycles. The number of hydrogen-bond donors (Lipinski definition) is 1. The third kappa shape index (κ3) is 2.78. The number of aromatic nitrogens is 3. The van der Waals surface area contributed by atoms with Gasteiger partial charge in [-0.1, -0.05) is 6.07 Å². The van der Waals surface area contributed by atoms with Crippen LogP contribution in [0.4, 0.5) is 0 Å². The van der Waals surface area contributed by atoms with Gasteiger partial charge in [0.1, 0.15) is 0 Å². The van der Waals surface area contributed by atoms with Gasteiger partial charge in [-0.25, -0.2) is 4.68 Å². The van der Waals surface area contributed by atoms with E-state index < -0.39 is 0 Å². The van der Waals surface area contributed by atoms with Gasteiger partial charge >= 0.3 is 0 Å². The van der Waals surface area contributed by atoms with Gasteiger partial charge in [-0.15, -0.1) is 0 Å². The number of rotatable bonds is 4. The van der Waals surface area contributed by atoms with Crippen molar-refractivity contribution >= 4 is 0 Å². The first-order valence-electron chi connectivity index (χ1n) is 7.46. The number of nitrogens with two attached hydrogens (primary N) is 1. The van der Waals surface area contributed by atoms with Crippen LogP contribution >= 0.6 is 0 Å². The normalized spacial score (nSPS) is 10.9. The average Bonchev–Trinajstić information content (AvgIpc) is 2.95. The van der Waals surface area contributed by atoms with Crippen LogP contribution in [0.1, 0.15) is 16.8 Å². The maximum Gasteiger partial charge on any atom is 0.0759 e. The summed E-state index contributed by atoms with van der Waals surface area (Å²) >= 11 is 0. The van der Waals surface area contributed by atoms with Gasteiger partial charge in [-0.2, -0.15) is 5.10 Å². The molecule has 4 nitrogen and oxygen atoms in total. The summed E-state index contributed by atoms with van der Waals surface area (Å²) in [7, 11) is 0. The summed E-state index contributed by atoms with van der Waals surface area (Å²) in [4.78, 5) is 4.22. The third-order valence-electron chi connectivity index (χ3n) is 3.85. The lowest BCUT2D eigenvalue weighted by molar-refractivity contribution is 0.824. The molecular weight excluding hydrogens is 272 g/mol. The van der Waals surface area contributed by atoms with E-state index in [1.807, 2.05) is 23.0 Å². The van der Waals surface area contributed by atoms with Crippen LogP contribution in [0.5, 0.6) is 0 Å². The van der Waals surface area contributed by atoms with E-state index in [4.69, 9.17) is 10.8 Å². The minimum absolute atomic E-state index is 0.594. The van der Waals surface area contributed by atoms with Crippen LogP contribution in [0.25, 0.3) is 16.9 Å². The van der Waals surface area contributed by atoms with Crippen molar-refractivity contribution in [3.05, 3.63) is 65.6 Å². The van der Waals surface area contributed by atoms with Crippen LogP contribution in [-0.2, 0) is 6.42 Å². The molecule has 22 heavy (non-hydrogen) atoms. The second kappa shape index (κ2) is 6.12. The summed E-state index contributed by atoms with van der Waals surface area (Å²) in [6.45, 7) is 4.83. The molecule has 4 heteroatoms. The van der Waals surface area contributed by atoms with E-state index in [1.165, 1.54) is 11.1 Å². The fourth-order valence-electron chi connectivity index (χ4n) is 2.47. The molecule has 112 valence electrons. The van der Waals surface area contributed by atoms with Gasteiger partial charge in [-0.05, 0) is 61.9 Å². The summed E-state index contributed by atoms with van der Waals surface area (Å²) in [5.74, 6) is 0. The van der Waals surface area contributed by atoms with Crippen molar-refractivity contribution in [2.24, 2.45) is 5.73 Å². The van der Waals surface area contributed by atoms with Crippen molar-refractivity contribution in [2.75, 3.05) is 6.54 Å². The Hall–Kier alpha value is -2.46. The van der Waals surface area contributed by atoms with Crippen molar-refractivity contribution in [2.45, 2.75) is 20.3 Å². The summed E-state index contributed by atoms with van der Waals surface area (Å²) in [5, 5.41) is 4.73. The molecule has 2 aromatic heterocycles. The van der Waals surface area contributed by atoms with Gasteiger partial charge in [0.05, 0.1) is 17.1 Å². The average molecular weight is 292 g/mol. The summed E-state index contributed by atoms with van der Waals surface area (Å²) in [6.07, 6.45) is 4.41. The van der Waals surface area contributed by atoms with Gasteiger partial charge in [0.15, 0.2) is 0 Å². The van der Waals surface area contributed by atoms with Crippen molar-refractivity contribution in [1.29, 1.82) is 0 Å². The maximum absolute atomic E-state index is 5.68. The zero-order chi connectivity index (χ0) is 15.5. The van der Waals surface area contributed by atoms with Crippen LogP contribution in [0.2, 0.25) is 0 Å². The van der Waals surface area contributed by atoms with Gasteiger partial charge in [0, 0.05) is 24.4 Å². The fourth-order valence-corrected chi connectivity index (χ4v) is 2.47. The highest BCUT2D eigenvalue weighted by atomic mass is 15.3. The smallest absolute Gasteiger partial charge is 0.0759 e. The zero-order valence-corrected chi connectivity index (χ0v) is 13.0. The van der Waals surface area contributed by atoms with Gasteiger partial charge < -0.3 is 5.73 Å². The van der Waals surface area contributed by atoms with Crippen molar-refractivity contribution in [1.82, 2.24) is 14.8 Å². The van der Waals surface area contributed by atoms with E-state index in [2.05, 4.69) is 43.1 Å². The fraction of sp³-hybridized carbons (Fsp3) is 0.222. The molecule has 0 amide bonds. The molecule has 0 saturated heterocycles. The minimum atomic E-state index is 0.594. The molecule has 0 bridgehead atoms. The number of hydrogen-bond acceptors (Lipinski definition) is 3. The molecular formula is C18H20N4. The summed E-state index contributed by atoms with van der Waals surface area (Å²) < 4.78 is 1.98. The van der Waals surface area contributed by atoms with Crippen LogP contribution in [0.3, 0.4) is 0 Å². The highest BCUT2D eigenvalue weighted by Gasteiger charge is 2.12. The SMILES string of the molecule is Cc1ccc(-n2nc(CCN)cc2-c2cccnc2)cc1C. The topological polar surface area (TPSA) is 56.7 Å². The molecule has 1 aromatic carbocycles. The monoisotopic (exact) mass is 292 g/mol. The predicted molar refractivity (Wildman–Crippen MR) is 89.0 cm³/mol. The highest BCUT2D eigenvalue weighted by Crippen LogP contribution is 2.24. The Morgan fingerprint density at radius 1 is 1.09 bits per heavy atom. The third-order valence-corrected chi connectivity index (χ3v) is 3.85. The predicted octanol–water partition coefficient (Wildman–Crippen LogP) is 3.05. The first kappa shape index (κ1) is 14.5. The van der Waals surface area contributed by atoms with E-state index in [9.17, 15) is 0 Å². The minimum Gasteiger partial charge on any atom is -0.330 e. The Balaban J connectivity index is 2.14.